The van der Waals surface area contributed by atoms with Crippen LogP contribution in [0.15, 0.2) is 4.99 Å². The van der Waals surface area contributed by atoms with Gasteiger partial charge in [0.25, 0.3) is 0 Å². The Labute approximate surface area is 116 Å². The lowest BCUT2D eigenvalue weighted by Crippen LogP contribution is -2.57. The van der Waals surface area contributed by atoms with Crippen LogP contribution in [0.1, 0.15) is 52.4 Å². The summed E-state index contributed by atoms with van der Waals surface area (Å²) in [6, 6.07) is 0. The first-order valence-corrected chi connectivity index (χ1v) is 7.70. The summed E-state index contributed by atoms with van der Waals surface area (Å²) in [6.07, 6.45) is 7.76. The second-order valence-corrected chi connectivity index (χ2v) is 7.34. The second kappa shape index (κ2) is 4.65. The van der Waals surface area contributed by atoms with Crippen molar-refractivity contribution in [2.24, 2.45) is 16.1 Å². The molecule has 108 valence electrons. The van der Waals surface area contributed by atoms with Crippen molar-refractivity contribution in [2.45, 2.75) is 64.0 Å². The van der Waals surface area contributed by atoms with Crippen molar-refractivity contribution in [3.05, 3.63) is 0 Å². The van der Waals surface area contributed by atoms with Crippen LogP contribution in [-0.4, -0.2) is 42.2 Å². The Kier molecular flexibility index (Phi) is 3.24. The molecule has 2 unspecified atom stereocenters. The number of rotatable bonds is 2. The SMILES string of the molecule is CC1(C)CCCC2(CN=C(N)N2CC2CCCO2)C1. The normalized spacial score (nSPS) is 37.9. The van der Waals surface area contributed by atoms with Gasteiger partial charge in [0, 0.05) is 13.2 Å². The Morgan fingerprint density at radius 2 is 2.21 bits per heavy atom. The van der Waals surface area contributed by atoms with Crippen LogP contribution in [-0.2, 0) is 4.74 Å². The molecule has 0 radical (unpaired) electrons. The molecule has 0 bridgehead atoms. The number of nitrogens with two attached hydrogens (primary N) is 1. The molecule has 3 rings (SSSR count). The van der Waals surface area contributed by atoms with Crippen molar-refractivity contribution in [3.8, 4) is 0 Å². The molecule has 4 nitrogen and oxygen atoms in total. The van der Waals surface area contributed by atoms with Gasteiger partial charge in [-0.3, -0.25) is 4.99 Å². The molecule has 3 aliphatic rings. The minimum atomic E-state index is 0.178. The van der Waals surface area contributed by atoms with Gasteiger partial charge in [-0.05, 0) is 37.5 Å². The third kappa shape index (κ3) is 2.47. The van der Waals surface area contributed by atoms with Gasteiger partial charge in [-0.2, -0.15) is 0 Å². The number of aliphatic imine (C=N–C) groups is 1. The number of hydrogen-bond donors (Lipinski definition) is 1. The third-order valence-electron chi connectivity index (χ3n) is 5.10. The number of ether oxygens (including phenoxy) is 1. The molecule has 0 aromatic rings. The lowest BCUT2D eigenvalue weighted by Gasteiger charge is -2.48. The first kappa shape index (κ1) is 13.2. The highest BCUT2D eigenvalue weighted by atomic mass is 16.5. The zero-order valence-corrected chi connectivity index (χ0v) is 12.3. The van der Waals surface area contributed by atoms with Gasteiger partial charge in [-0.25, -0.2) is 0 Å². The van der Waals surface area contributed by atoms with Crippen LogP contribution in [0, 0.1) is 5.41 Å². The average molecular weight is 265 g/mol. The number of guanidine groups is 1. The molecule has 1 saturated heterocycles. The summed E-state index contributed by atoms with van der Waals surface area (Å²) in [5.74, 6) is 0.744. The van der Waals surface area contributed by atoms with Gasteiger partial charge in [-0.15, -0.1) is 0 Å². The van der Waals surface area contributed by atoms with Crippen molar-refractivity contribution in [1.82, 2.24) is 4.90 Å². The maximum absolute atomic E-state index is 6.17. The van der Waals surface area contributed by atoms with Crippen LogP contribution in [0.2, 0.25) is 0 Å². The van der Waals surface area contributed by atoms with E-state index in [0.717, 1.165) is 25.7 Å². The van der Waals surface area contributed by atoms with E-state index >= 15 is 0 Å². The lowest BCUT2D eigenvalue weighted by atomic mass is 9.67. The molecule has 2 atom stereocenters. The molecule has 2 aliphatic heterocycles. The summed E-state index contributed by atoms with van der Waals surface area (Å²) < 4.78 is 5.80. The summed E-state index contributed by atoms with van der Waals surface area (Å²) in [6.45, 7) is 7.49. The maximum atomic E-state index is 6.17. The molecule has 0 aromatic carbocycles. The van der Waals surface area contributed by atoms with E-state index in [2.05, 4.69) is 23.7 Å². The monoisotopic (exact) mass is 265 g/mol. The maximum Gasteiger partial charge on any atom is 0.191 e. The molecule has 1 spiro atoms. The Bertz CT molecular complexity index is 374. The third-order valence-corrected chi connectivity index (χ3v) is 5.10. The van der Waals surface area contributed by atoms with Gasteiger partial charge in [-0.1, -0.05) is 20.3 Å². The zero-order valence-electron chi connectivity index (χ0n) is 12.3. The van der Waals surface area contributed by atoms with Crippen LogP contribution in [0.25, 0.3) is 0 Å². The predicted molar refractivity (Wildman–Crippen MR) is 77.1 cm³/mol. The van der Waals surface area contributed by atoms with Gasteiger partial charge in [0.15, 0.2) is 5.96 Å². The summed E-state index contributed by atoms with van der Waals surface area (Å²) in [7, 11) is 0. The Morgan fingerprint density at radius 1 is 1.37 bits per heavy atom. The van der Waals surface area contributed by atoms with E-state index in [1.165, 1.54) is 38.5 Å². The summed E-state index contributed by atoms with van der Waals surface area (Å²) in [5, 5.41) is 0. The van der Waals surface area contributed by atoms with Crippen molar-refractivity contribution in [1.29, 1.82) is 0 Å². The van der Waals surface area contributed by atoms with E-state index in [0.29, 0.717) is 11.5 Å². The van der Waals surface area contributed by atoms with E-state index in [4.69, 9.17) is 10.5 Å². The van der Waals surface area contributed by atoms with Gasteiger partial charge < -0.3 is 15.4 Å². The fourth-order valence-electron chi connectivity index (χ4n) is 4.25. The van der Waals surface area contributed by atoms with Gasteiger partial charge in [0.1, 0.15) is 0 Å². The topological polar surface area (TPSA) is 50.8 Å². The highest BCUT2D eigenvalue weighted by Gasteiger charge is 2.48. The molecule has 1 aliphatic carbocycles. The summed E-state index contributed by atoms with van der Waals surface area (Å²) in [5.41, 5.74) is 6.76. The average Bonchev–Trinajstić information content (AvgIpc) is 2.93. The minimum absolute atomic E-state index is 0.178. The van der Waals surface area contributed by atoms with Gasteiger partial charge >= 0.3 is 0 Å². The molecule has 2 fully saturated rings. The molecule has 19 heavy (non-hydrogen) atoms. The number of hydrogen-bond acceptors (Lipinski definition) is 4. The fourth-order valence-corrected chi connectivity index (χ4v) is 4.25. The molecular formula is C15H27N3O. The van der Waals surface area contributed by atoms with Crippen LogP contribution >= 0.6 is 0 Å². The fraction of sp³-hybridized carbons (Fsp3) is 0.933. The van der Waals surface area contributed by atoms with Crippen LogP contribution in [0.3, 0.4) is 0 Å². The van der Waals surface area contributed by atoms with Crippen molar-refractivity contribution >= 4 is 5.96 Å². The Balaban J connectivity index is 1.76. The highest BCUT2D eigenvalue weighted by Crippen LogP contribution is 2.46. The molecule has 2 heterocycles. The lowest BCUT2D eigenvalue weighted by molar-refractivity contribution is 0.0261. The standard InChI is InChI=1S/C15H27N3O/c1-14(2)6-4-7-15(10-14)11-17-13(16)18(15)9-12-5-3-8-19-12/h12H,3-11H2,1-2H3,(H2,16,17). The molecule has 4 heteroatoms. The minimum Gasteiger partial charge on any atom is -0.376 e. The van der Waals surface area contributed by atoms with Crippen molar-refractivity contribution in [3.63, 3.8) is 0 Å². The van der Waals surface area contributed by atoms with E-state index < -0.39 is 0 Å². The van der Waals surface area contributed by atoms with Crippen LogP contribution in [0.4, 0.5) is 0 Å². The molecule has 1 saturated carbocycles. The molecule has 2 N–H and O–H groups in total. The summed E-state index contributed by atoms with van der Waals surface area (Å²) >= 11 is 0. The largest absolute Gasteiger partial charge is 0.376 e. The number of nitrogens with zero attached hydrogens (tertiary/aromatic N) is 2. The Morgan fingerprint density at radius 3 is 2.89 bits per heavy atom. The molecule has 0 aromatic heterocycles. The Hall–Kier alpha value is -0.770. The van der Waals surface area contributed by atoms with Crippen molar-refractivity contribution in [2.75, 3.05) is 19.7 Å². The quantitative estimate of drug-likeness (QED) is 0.832. The molecule has 0 amide bonds. The van der Waals surface area contributed by atoms with Crippen LogP contribution in [0.5, 0.6) is 0 Å². The first-order chi connectivity index (χ1) is 9.01. The summed E-state index contributed by atoms with van der Waals surface area (Å²) in [4.78, 5) is 6.95. The molecular weight excluding hydrogens is 238 g/mol. The van der Waals surface area contributed by atoms with Crippen LogP contribution < -0.4 is 5.73 Å². The van der Waals surface area contributed by atoms with E-state index in [1.807, 2.05) is 0 Å². The van der Waals surface area contributed by atoms with E-state index in [1.54, 1.807) is 0 Å². The second-order valence-electron chi connectivity index (χ2n) is 7.34. The van der Waals surface area contributed by atoms with Gasteiger partial charge in [0.05, 0.1) is 18.2 Å². The van der Waals surface area contributed by atoms with Crippen molar-refractivity contribution < 1.29 is 4.74 Å². The highest BCUT2D eigenvalue weighted by molar-refractivity contribution is 5.81. The first-order valence-electron chi connectivity index (χ1n) is 7.70. The van der Waals surface area contributed by atoms with E-state index in [-0.39, 0.29) is 5.54 Å². The smallest absolute Gasteiger partial charge is 0.191 e. The van der Waals surface area contributed by atoms with E-state index in [9.17, 15) is 0 Å². The predicted octanol–water partition coefficient (Wildman–Crippen LogP) is 2.13. The van der Waals surface area contributed by atoms with Gasteiger partial charge in [0.2, 0.25) is 0 Å². The zero-order chi connectivity index (χ0) is 13.5.